The van der Waals surface area contributed by atoms with Crippen LogP contribution in [0.3, 0.4) is 0 Å². The van der Waals surface area contributed by atoms with Crippen LogP contribution in [-0.2, 0) is 23.9 Å². The van der Waals surface area contributed by atoms with Crippen LogP contribution >= 0.6 is 11.8 Å². The molecule has 1 aliphatic rings. The van der Waals surface area contributed by atoms with Crippen LogP contribution in [0, 0.1) is 5.92 Å². The maximum absolute atomic E-state index is 12.7. The number of methoxy groups -OCH3 is 1. The van der Waals surface area contributed by atoms with E-state index in [1.807, 2.05) is 27.7 Å². The standard InChI is InChI=1S/C16H28N2O6S/c1-14(2)12(15(3,4)25-14)16(5,13(22)24-8-23-6)18-11(21)9(17)7-10(19)20/h9,12H,7-8,17H2,1-6H3,(H,18,21)(H,19,20)/t9-,16?/m0/s1. The Bertz CT molecular complexity index is 537. The normalized spacial score (nSPS) is 22.2. The molecule has 2 atom stereocenters. The van der Waals surface area contributed by atoms with Gasteiger partial charge in [-0.25, -0.2) is 4.79 Å². The molecular weight excluding hydrogens is 348 g/mol. The number of esters is 1. The van der Waals surface area contributed by atoms with Gasteiger partial charge in [-0.15, -0.1) is 11.8 Å². The Morgan fingerprint density at radius 3 is 2.20 bits per heavy atom. The molecule has 0 bridgehead atoms. The van der Waals surface area contributed by atoms with Gasteiger partial charge in [0.05, 0.1) is 12.5 Å². The number of thioether (sulfide) groups is 1. The van der Waals surface area contributed by atoms with Crippen molar-refractivity contribution >= 4 is 29.6 Å². The van der Waals surface area contributed by atoms with E-state index in [4.69, 9.17) is 20.3 Å². The van der Waals surface area contributed by atoms with Crippen molar-refractivity contribution in [2.24, 2.45) is 11.7 Å². The summed E-state index contributed by atoms with van der Waals surface area (Å²) in [5.74, 6) is -2.80. The Labute approximate surface area is 152 Å². The van der Waals surface area contributed by atoms with Crippen molar-refractivity contribution in [3.63, 3.8) is 0 Å². The first-order valence-corrected chi connectivity index (χ1v) is 8.75. The number of nitrogens with two attached hydrogens (primary N) is 1. The molecule has 0 aromatic carbocycles. The number of carboxylic acids is 1. The van der Waals surface area contributed by atoms with Crippen LogP contribution in [0.2, 0.25) is 0 Å². The van der Waals surface area contributed by atoms with Crippen LogP contribution < -0.4 is 11.1 Å². The zero-order valence-corrected chi connectivity index (χ0v) is 16.4. The number of amides is 1. The van der Waals surface area contributed by atoms with Gasteiger partial charge in [-0.05, 0) is 6.92 Å². The minimum absolute atomic E-state index is 0.244. The van der Waals surface area contributed by atoms with Gasteiger partial charge < -0.3 is 25.6 Å². The van der Waals surface area contributed by atoms with Gasteiger partial charge in [0, 0.05) is 22.5 Å². The molecule has 9 heteroatoms. The largest absolute Gasteiger partial charge is 0.481 e. The number of hydrogen-bond donors (Lipinski definition) is 3. The molecule has 0 aromatic rings. The van der Waals surface area contributed by atoms with E-state index in [9.17, 15) is 14.4 Å². The van der Waals surface area contributed by atoms with E-state index < -0.39 is 35.8 Å². The topological polar surface area (TPSA) is 128 Å². The van der Waals surface area contributed by atoms with Crippen molar-refractivity contribution in [2.75, 3.05) is 13.9 Å². The fraction of sp³-hybridized carbons (Fsp3) is 0.812. The SMILES string of the molecule is COCOC(=O)C(C)(NC(=O)[C@@H](N)CC(=O)O)C1C(C)(C)SC1(C)C. The fourth-order valence-corrected chi connectivity index (χ4v) is 6.56. The number of rotatable bonds is 8. The maximum atomic E-state index is 12.7. The molecule has 0 saturated carbocycles. The maximum Gasteiger partial charge on any atom is 0.334 e. The van der Waals surface area contributed by atoms with Crippen molar-refractivity contribution < 1.29 is 29.0 Å². The molecule has 1 unspecified atom stereocenters. The molecule has 0 aliphatic carbocycles. The van der Waals surface area contributed by atoms with Crippen LogP contribution in [0.4, 0.5) is 0 Å². The summed E-state index contributed by atoms with van der Waals surface area (Å²) in [7, 11) is 1.39. The Hall–Kier alpha value is -1.32. The molecule has 8 nitrogen and oxygen atoms in total. The van der Waals surface area contributed by atoms with Crippen molar-refractivity contribution in [2.45, 2.75) is 62.1 Å². The van der Waals surface area contributed by atoms with Gasteiger partial charge in [0.25, 0.3) is 0 Å². The average molecular weight is 376 g/mol. The predicted octanol–water partition coefficient (Wildman–Crippen LogP) is 0.731. The Morgan fingerprint density at radius 1 is 1.28 bits per heavy atom. The summed E-state index contributed by atoms with van der Waals surface area (Å²) >= 11 is 1.69. The lowest BCUT2D eigenvalue weighted by Crippen LogP contribution is -2.73. The molecule has 0 aromatic heterocycles. The molecule has 1 fully saturated rings. The fourth-order valence-electron chi connectivity index (χ4n) is 4.10. The molecule has 1 heterocycles. The van der Waals surface area contributed by atoms with Crippen molar-refractivity contribution in [1.29, 1.82) is 0 Å². The van der Waals surface area contributed by atoms with Crippen LogP contribution in [-0.4, -0.2) is 57.9 Å². The summed E-state index contributed by atoms with van der Waals surface area (Å²) in [4.78, 5) is 35.9. The monoisotopic (exact) mass is 376 g/mol. The first-order valence-electron chi connectivity index (χ1n) is 7.93. The van der Waals surface area contributed by atoms with Crippen molar-refractivity contribution in [3.8, 4) is 0 Å². The van der Waals surface area contributed by atoms with Crippen LogP contribution in [0.5, 0.6) is 0 Å². The van der Waals surface area contributed by atoms with E-state index >= 15 is 0 Å². The quantitative estimate of drug-likeness (QED) is 0.418. The van der Waals surface area contributed by atoms with E-state index in [1.165, 1.54) is 7.11 Å². The van der Waals surface area contributed by atoms with Crippen LogP contribution in [0.15, 0.2) is 0 Å². The van der Waals surface area contributed by atoms with Gasteiger partial charge in [-0.1, -0.05) is 27.7 Å². The second kappa shape index (κ2) is 7.51. The van der Waals surface area contributed by atoms with Crippen LogP contribution in [0.1, 0.15) is 41.0 Å². The molecule has 1 rings (SSSR count). The minimum atomic E-state index is -1.37. The number of ether oxygens (including phenoxy) is 2. The summed E-state index contributed by atoms with van der Waals surface area (Å²) in [6, 6.07) is -1.26. The Balaban J connectivity index is 3.14. The molecular formula is C16H28N2O6S. The highest BCUT2D eigenvalue weighted by atomic mass is 32.2. The number of hydrogen-bond acceptors (Lipinski definition) is 7. The number of aliphatic carboxylic acids is 1. The van der Waals surface area contributed by atoms with E-state index in [-0.39, 0.29) is 22.2 Å². The highest BCUT2D eigenvalue weighted by Crippen LogP contribution is 2.62. The lowest BCUT2D eigenvalue weighted by molar-refractivity contribution is -0.167. The molecule has 0 radical (unpaired) electrons. The van der Waals surface area contributed by atoms with Gasteiger partial charge in [0.2, 0.25) is 5.91 Å². The summed E-state index contributed by atoms with van der Waals surface area (Å²) in [5.41, 5.74) is 4.27. The number of nitrogens with one attached hydrogen (secondary N) is 1. The van der Waals surface area contributed by atoms with Gasteiger partial charge in [0.1, 0.15) is 5.54 Å². The third kappa shape index (κ3) is 4.65. The third-order valence-electron chi connectivity index (χ3n) is 4.34. The number of carbonyl (C=O) groups excluding carboxylic acids is 2. The van der Waals surface area contributed by atoms with Gasteiger partial charge in [0.15, 0.2) is 6.79 Å². The second-order valence-corrected chi connectivity index (χ2v) is 9.78. The summed E-state index contributed by atoms with van der Waals surface area (Å²) in [6.07, 6.45) is -0.527. The van der Waals surface area contributed by atoms with E-state index in [1.54, 1.807) is 18.7 Å². The van der Waals surface area contributed by atoms with E-state index in [0.29, 0.717) is 0 Å². The molecule has 1 aliphatic heterocycles. The number of carbonyl (C=O) groups is 3. The molecule has 0 spiro atoms. The summed E-state index contributed by atoms with van der Waals surface area (Å²) in [6.45, 7) is 9.28. The Kier molecular flexibility index (Phi) is 6.52. The van der Waals surface area contributed by atoms with Gasteiger partial charge >= 0.3 is 11.9 Å². The first-order chi connectivity index (χ1) is 11.3. The lowest BCUT2D eigenvalue weighted by atomic mass is 9.69. The lowest BCUT2D eigenvalue weighted by Gasteiger charge is -2.62. The van der Waals surface area contributed by atoms with E-state index in [0.717, 1.165) is 0 Å². The highest BCUT2D eigenvalue weighted by molar-refractivity contribution is 8.03. The number of carboxylic acid groups (broad SMARTS) is 1. The third-order valence-corrected chi connectivity index (χ3v) is 5.86. The zero-order chi connectivity index (χ0) is 19.6. The molecule has 4 N–H and O–H groups in total. The van der Waals surface area contributed by atoms with Gasteiger partial charge in [-0.2, -0.15) is 0 Å². The van der Waals surface area contributed by atoms with Crippen molar-refractivity contribution in [3.05, 3.63) is 0 Å². The molecule has 1 saturated heterocycles. The highest BCUT2D eigenvalue weighted by Gasteiger charge is 2.65. The van der Waals surface area contributed by atoms with Crippen LogP contribution in [0.25, 0.3) is 0 Å². The zero-order valence-electron chi connectivity index (χ0n) is 15.5. The first kappa shape index (κ1) is 21.7. The molecule has 1 amide bonds. The predicted molar refractivity (Wildman–Crippen MR) is 94.0 cm³/mol. The smallest absolute Gasteiger partial charge is 0.334 e. The average Bonchev–Trinajstić information content (AvgIpc) is 2.41. The summed E-state index contributed by atoms with van der Waals surface area (Å²) in [5, 5.41) is 11.5. The Morgan fingerprint density at radius 2 is 1.80 bits per heavy atom. The van der Waals surface area contributed by atoms with Crippen molar-refractivity contribution in [1.82, 2.24) is 5.32 Å². The minimum Gasteiger partial charge on any atom is -0.481 e. The van der Waals surface area contributed by atoms with Gasteiger partial charge in [-0.3, -0.25) is 9.59 Å². The molecule has 144 valence electrons. The van der Waals surface area contributed by atoms with E-state index in [2.05, 4.69) is 5.32 Å². The molecule has 25 heavy (non-hydrogen) atoms. The second-order valence-electron chi connectivity index (χ2n) is 7.48. The summed E-state index contributed by atoms with van der Waals surface area (Å²) < 4.78 is 9.31.